The van der Waals surface area contributed by atoms with Crippen molar-refractivity contribution in [3.63, 3.8) is 0 Å². The van der Waals surface area contributed by atoms with Crippen LogP contribution in [0.25, 0.3) is 0 Å². The van der Waals surface area contributed by atoms with Crippen LogP contribution in [0.5, 0.6) is 0 Å². The van der Waals surface area contributed by atoms with Crippen LogP contribution in [0.2, 0.25) is 0 Å². The summed E-state index contributed by atoms with van der Waals surface area (Å²) in [4.78, 5) is 0. The monoisotopic (exact) mass is 245 g/mol. The first-order valence-electron chi connectivity index (χ1n) is 5.43. The van der Waals surface area contributed by atoms with E-state index in [4.69, 9.17) is 0 Å². The van der Waals surface area contributed by atoms with Crippen molar-refractivity contribution in [2.75, 3.05) is 12.8 Å². The van der Waals surface area contributed by atoms with Gasteiger partial charge in [-0.1, -0.05) is 13.8 Å². The maximum Gasteiger partial charge on any atom is 0.165 e. The number of aromatic nitrogens is 4. The molecule has 2 atom stereocenters. The van der Waals surface area contributed by atoms with Gasteiger partial charge in [0.25, 0.3) is 0 Å². The zero-order valence-corrected chi connectivity index (χ0v) is 10.8. The fraction of sp³-hybridized carbons (Fsp3) is 0.889. The predicted molar refractivity (Wildman–Crippen MR) is 63.3 cm³/mol. The van der Waals surface area contributed by atoms with E-state index in [9.17, 15) is 4.21 Å². The lowest BCUT2D eigenvalue weighted by Crippen LogP contribution is -2.19. The Kier molecular flexibility index (Phi) is 5.54. The lowest BCUT2D eigenvalue weighted by molar-refractivity contribution is 0.520. The van der Waals surface area contributed by atoms with Gasteiger partial charge in [0.1, 0.15) is 0 Å². The highest BCUT2D eigenvalue weighted by molar-refractivity contribution is 7.84. The smallest absolute Gasteiger partial charge is 0.165 e. The normalized spacial score (nSPS) is 14.9. The van der Waals surface area contributed by atoms with Crippen LogP contribution in [0.15, 0.2) is 0 Å². The van der Waals surface area contributed by atoms with Crippen LogP contribution in [-0.2, 0) is 23.9 Å². The van der Waals surface area contributed by atoms with Crippen molar-refractivity contribution in [2.45, 2.75) is 38.6 Å². The van der Waals surface area contributed by atoms with E-state index in [2.05, 4.69) is 20.8 Å². The van der Waals surface area contributed by atoms with Gasteiger partial charge in [0.05, 0.1) is 6.54 Å². The molecule has 0 saturated carbocycles. The Balaban J connectivity index is 2.47. The number of nitrogens with one attached hydrogen (secondary N) is 1. The molecule has 1 N–H and O–H groups in total. The van der Waals surface area contributed by atoms with Crippen molar-refractivity contribution in [3.05, 3.63) is 5.82 Å². The number of tetrazole rings is 1. The molecule has 1 aromatic heterocycles. The van der Waals surface area contributed by atoms with Crippen molar-refractivity contribution >= 4 is 10.8 Å². The lowest BCUT2D eigenvalue weighted by Gasteiger charge is -2.08. The molecule has 7 heteroatoms. The molecule has 0 aliphatic heterocycles. The highest BCUT2D eigenvalue weighted by Crippen LogP contribution is 2.02. The van der Waals surface area contributed by atoms with Gasteiger partial charge in [-0.15, -0.1) is 5.10 Å². The number of aryl methyl sites for hydroxylation is 1. The van der Waals surface area contributed by atoms with Crippen LogP contribution in [0.1, 0.15) is 26.1 Å². The van der Waals surface area contributed by atoms with Crippen molar-refractivity contribution in [1.29, 1.82) is 0 Å². The van der Waals surface area contributed by atoms with Gasteiger partial charge >= 0.3 is 0 Å². The van der Waals surface area contributed by atoms with Gasteiger partial charge in [0, 0.05) is 28.9 Å². The van der Waals surface area contributed by atoms with E-state index in [-0.39, 0.29) is 5.25 Å². The minimum absolute atomic E-state index is 0.177. The van der Waals surface area contributed by atoms with Crippen LogP contribution in [0.3, 0.4) is 0 Å². The van der Waals surface area contributed by atoms with E-state index in [1.165, 1.54) is 0 Å². The van der Waals surface area contributed by atoms with E-state index in [0.29, 0.717) is 13.1 Å². The average Bonchev–Trinajstić information content (AvgIpc) is 2.70. The molecule has 0 aromatic carbocycles. The summed E-state index contributed by atoms with van der Waals surface area (Å²) in [5.74, 6) is 0.830. The molecule has 0 bridgehead atoms. The van der Waals surface area contributed by atoms with Crippen molar-refractivity contribution < 1.29 is 4.21 Å². The van der Waals surface area contributed by atoms with Gasteiger partial charge < -0.3 is 5.32 Å². The Morgan fingerprint density at radius 1 is 1.56 bits per heavy atom. The second-order valence-electron chi connectivity index (χ2n) is 3.70. The minimum Gasteiger partial charge on any atom is -0.310 e. The molecule has 1 aromatic rings. The largest absolute Gasteiger partial charge is 0.310 e. The molecule has 0 fully saturated rings. The first kappa shape index (κ1) is 13.2. The van der Waals surface area contributed by atoms with Crippen LogP contribution in [0, 0.1) is 0 Å². The van der Waals surface area contributed by atoms with Crippen molar-refractivity contribution in [2.24, 2.45) is 0 Å². The topological polar surface area (TPSA) is 72.7 Å². The molecule has 92 valence electrons. The number of nitrogens with zero attached hydrogens (tertiary/aromatic N) is 4. The Morgan fingerprint density at radius 3 is 2.94 bits per heavy atom. The molecule has 0 aliphatic carbocycles. The standard InChI is InChI=1S/C9H19N5OS/c1-4-10-7-9-11-12-13-14(9)6-5-8(2)16(3)15/h8,10H,4-7H2,1-3H3. The summed E-state index contributed by atoms with van der Waals surface area (Å²) in [6, 6.07) is 0. The molecule has 0 spiro atoms. The van der Waals surface area contributed by atoms with E-state index in [1.807, 2.05) is 13.8 Å². The highest BCUT2D eigenvalue weighted by atomic mass is 32.2. The van der Waals surface area contributed by atoms with E-state index in [0.717, 1.165) is 18.8 Å². The first-order valence-corrected chi connectivity index (χ1v) is 7.05. The molecule has 2 unspecified atom stereocenters. The van der Waals surface area contributed by atoms with Gasteiger partial charge in [-0.3, -0.25) is 4.21 Å². The summed E-state index contributed by atoms with van der Waals surface area (Å²) in [6.07, 6.45) is 2.55. The summed E-state index contributed by atoms with van der Waals surface area (Å²) < 4.78 is 13.0. The quantitative estimate of drug-likeness (QED) is 0.728. The van der Waals surface area contributed by atoms with Crippen LogP contribution in [0.4, 0.5) is 0 Å². The van der Waals surface area contributed by atoms with E-state index >= 15 is 0 Å². The number of hydrogen-bond donors (Lipinski definition) is 1. The third-order valence-electron chi connectivity index (χ3n) is 2.45. The summed E-state index contributed by atoms with van der Waals surface area (Å²) in [7, 11) is -0.781. The molecule has 0 amide bonds. The zero-order chi connectivity index (χ0) is 12.0. The fourth-order valence-corrected chi connectivity index (χ4v) is 1.67. The average molecular weight is 245 g/mol. The Labute approximate surface area is 98.3 Å². The second-order valence-corrected chi connectivity index (χ2v) is 5.50. The Hall–Kier alpha value is -0.820. The van der Waals surface area contributed by atoms with Crippen LogP contribution >= 0.6 is 0 Å². The summed E-state index contributed by atoms with van der Waals surface area (Å²) in [6.45, 7) is 6.30. The molecule has 1 rings (SSSR count). The first-order chi connectivity index (χ1) is 7.65. The molecule has 0 radical (unpaired) electrons. The minimum atomic E-state index is -0.781. The van der Waals surface area contributed by atoms with Gasteiger partial charge in [-0.05, 0) is 23.4 Å². The second kappa shape index (κ2) is 6.70. The summed E-state index contributed by atoms with van der Waals surface area (Å²) in [5, 5.41) is 14.9. The highest BCUT2D eigenvalue weighted by Gasteiger charge is 2.09. The number of hydrogen-bond acceptors (Lipinski definition) is 5. The van der Waals surface area contributed by atoms with Crippen molar-refractivity contribution in [1.82, 2.24) is 25.5 Å². The zero-order valence-electron chi connectivity index (χ0n) is 10.0. The van der Waals surface area contributed by atoms with Crippen LogP contribution in [-0.4, -0.2) is 42.5 Å². The summed E-state index contributed by atoms with van der Waals surface area (Å²) >= 11 is 0. The van der Waals surface area contributed by atoms with Gasteiger partial charge in [0.15, 0.2) is 5.82 Å². The van der Waals surface area contributed by atoms with E-state index < -0.39 is 10.8 Å². The van der Waals surface area contributed by atoms with Gasteiger partial charge in [-0.25, -0.2) is 4.68 Å². The molecule has 0 aliphatic rings. The third kappa shape index (κ3) is 3.97. The SMILES string of the molecule is CCNCc1nnnn1CCC(C)S(C)=O. The number of rotatable bonds is 7. The predicted octanol–water partition coefficient (Wildman–Crippen LogP) is -0.0603. The van der Waals surface area contributed by atoms with Crippen molar-refractivity contribution in [3.8, 4) is 0 Å². The Bertz CT molecular complexity index is 340. The Morgan fingerprint density at radius 2 is 2.31 bits per heavy atom. The van der Waals surface area contributed by atoms with Gasteiger partial charge in [-0.2, -0.15) is 0 Å². The third-order valence-corrected chi connectivity index (χ3v) is 3.82. The van der Waals surface area contributed by atoms with Crippen LogP contribution < -0.4 is 5.32 Å². The molecule has 16 heavy (non-hydrogen) atoms. The fourth-order valence-electron chi connectivity index (χ4n) is 1.23. The molecular formula is C9H19N5OS. The maximum atomic E-state index is 11.2. The molecular weight excluding hydrogens is 226 g/mol. The lowest BCUT2D eigenvalue weighted by atomic mass is 10.3. The maximum absolute atomic E-state index is 11.2. The molecule has 0 saturated heterocycles. The summed E-state index contributed by atoms with van der Waals surface area (Å²) in [5.41, 5.74) is 0. The molecule has 1 heterocycles. The molecule has 6 nitrogen and oxygen atoms in total. The van der Waals surface area contributed by atoms with Gasteiger partial charge in [0.2, 0.25) is 0 Å². The van der Waals surface area contributed by atoms with E-state index in [1.54, 1.807) is 10.9 Å².